The van der Waals surface area contributed by atoms with E-state index in [1.165, 1.54) is 25.7 Å². The Morgan fingerprint density at radius 2 is 2.10 bits per heavy atom. The van der Waals surface area contributed by atoms with Crippen LogP contribution >= 0.6 is 0 Å². The number of anilines is 1. The van der Waals surface area contributed by atoms with Crippen molar-refractivity contribution < 1.29 is 4.79 Å². The minimum atomic E-state index is -0.113. The van der Waals surface area contributed by atoms with E-state index < -0.39 is 0 Å². The van der Waals surface area contributed by atoms with Gasteiger partial charge in [-0.3, -0.25) is 0 Å². The van der Waals surface area contributed by atoms with Gasteiger partial charge in [-0.1, -0.05) is 38.3 Å². The molecule has 4 N–H and O–H groups in total. The summed E-state index contributed by atoms with van der Waals surface area (Å²) in [5.41, 5.74) is 7.42. The van der Waals surface area contributed by atoms with Crippen molar-refractivity contribution in [1.29, 1.82) is 0 Å². The molecule has 0 aliphatic heterocycles. The van der Waals surface area contributed by atoms with Gasteiger partial charge in [-0.25, -0.2) is 4.79 Å². The maximum atomic E-state index is 12.1. The predicted octanol–water partition coefficient (Wildman–Crippen LogP) is 3.24. The summed E-state index contributed by atoms with van der Waals surface area (Å²) in [5.74, 6) is 0.554. The molecule has 1 aromatic rings. The van der Waals surface area contributed by atoms with Crippen molar-refractivity contribution in [3.63, 3.8) is 0 Å². The summed E-state index contributed by atoms with van der Waals surface area (Å²) in [5, 5.41) is 6.01. The van der Waals surface area contributed by atoms with E-state index in [2.05, 4.69) is 17.6 Å². The number of carbonyl (C=O) groups excluding carboxylic acids is 1. The van der Waals surface area contributed by atoms with Crippen LogP contribution in [-0.2, 0) is 6.54 Å². The number of carbonyl (C=O) groups is 1. The molecule has 0 aromatic heterocycles. The first-order valence-electron chi connectivity index (χ1n) is 7.55. The van der Waals surface area contributed by atoms with Crippen molar-refractivity contribution in [2.75, 3.05) is 5.32 Å². The maximum absolute atomic E-state index is 12.1. The Morgan fingerprint density at radius 1 is 1.30 bits per heavy atom. The van der Waals surface area contributed by atoms with Crippen LogP contribution < -0.4 is 16.4 Å². The lowest BCUT2D eigenvalue weighted by Crippen LogP contribution is -2.41. The monoisotopic (exact) mass is 275 g/mol. The van der Waals surface area contributed by atoms with E-state index in [-0.39, 0.29) is 12.1 Å². The minimum absolute atomic E-state index is 0.113. The maximum Gasteiger partial charge on any atom is 0.319 e. The SMILES string of the molecule is CC1CCCCCC1NC(=O)Nc1cccc(CN)c1. The summed E-state index contributed by atoms with van der Waals surface area (Å²) in [6, 6.07) is 7.83. The fourth-order valence-corrected chi connectivity index (χ4v) is 2.82. The quantitative estimate of drug-likeness (QED) is 0.741. The highest BCUT2D eigenvalue weighted by molar-refractivity contribution is 5.89. The molecule has 0 spiro atoms. The Hall–Kier alpha value is -1.55. The number of rotatable bonds is 3. The standard InChI is InChI=1S/C16H25N3O/c1-12-6-3-2-4-9-15(12)19-16(20)18-14-8-5-7-13(10-14)11-17/h5,7-8,10,12,15H,2-4,6,9,11,17H2,1H3,(H2,18,19,20). The fraction of sp³-hybridized carbons (Fsp3) is 0.562. The second kappa shape index (κ2) is 7.29. The first-order valence-corrected chi connectivity index (χ1v) is 7.55. The number of urea groups is 1. The van der Waals surface area contributed by atoms with Gasteiger partial charge in [0, 0.05) is 18.3 Å². The van der Waals surface area contributed by atoms with Crippen LogP contribution in [0, 0.1) is 5.92 Å². The molecule has 1 aliphatic carbocycles. The van der Waals surface area contributed by atoms with Crippen molar-refractivity contribution in [2.24, 2.45) is 11.7 Å². The van der Waals surface area contributed by atoms with Crippen LogP contribution in [0.2, 0.25) is 0 Å². The number of amides is 2. The summed E-state index contributed by atoms with van der Waals surface area (Å²) in [6.45, 7) is 2.71. The van der Waals surface area contributed by atoms with E-state index in [0.29, 0.717) is 12.5 Å². The third-order valence-electron chi connectivity index (χ3n) is 4.10. The molecule has 110 valence electrons. The van der Waals surface area contributed by atoms with Crippen LogP contribution in [0.5, 0.6) is 0 Å². The Balaban J connectivity index is 1.90. The molecule has 1 fully saturated rings. The van der Waals surface area contributed by atoms with Gasteiger partial charge in [-0.2, -0.15) is 0 Å². The number of hydrogen-bond acceptors (Lipinski definition) is 2. The summed E-state index contributed by atoms with van der Waals surface area (Å²) in [7, 11) is 0. The topological polar surface area (TPSA) is 67.2 Å². The highest BCUT2D eigenvalue weighted by Crippen LogP contribution is 2.23. The van der Waals surface area contributed by atoms with Crippen LogP contribution in [0.1, 0.15) is 44.6 Å². The molecule has 0 bridgehead atoms. The van der Waals surface area contributed by atoms with Crippen LogP contribution in [0.3, 0.4) is 0 Å². The van der Waals surface area contributed by atoms with E-state index in [1.807, 2.05) is 24.3 Å². The van der Waals surface area contributed by atoms with Crippen LogP contribution in [0.15, 0.2) is 24.3 Å². The van der Waals surface area contributed by atoms with Gasteiger partial charge in [0.15, 0.2) is 0 Å². The zero-order valence-electron chi connectivity index (χ0n) is 12.2. The molecule has 4 nitrogen and oxygen atoms in total. The smallest absolute Gasteiger partial charge is 0.319 e. The van der Waals surface area contributed by atoms with Gasteiger partial charge < -0.3 is 16.4 Å². The number of nitrogens with one attached hydrogen (secondary N) is 2. The van der Waals surface area contributed by atoms with Crippen molar-refractivity contribution >= 4 is 11.7 Å². The van der Waals surface area contributed by atoms with Gasteiger partial charge in [0.25, 0.3) is 0 Å². The summed E-state index contributed by atoms with van der Waals surface area (Å²) < 4.78 is 0. The lowest BCUT2D eigenvalue weighted by atomic mass is 9.97. The molecule has 1 aliphatic rings. The predicted molar refractivity (Wildman–Crippen MR) is 82.5 cm³/mol. The zero-order chi connectivity index (χ0) is 14.4. The van der Waals surface area contributed by atoms with Gasteiger partial charge >= 0.3 is 6.03 Å². The second-order valence-corrected chi connectivity index (χ2v) is 5.72. The molecule has 2 rings (SSSR count). The molecule has 2 atom stereocenters. The molecular weight excluding hydrogens is 250 g/mol. The average Bonchev–Trinajstić information content (AvgIpc) is 2.64. The van der Waals surface area contributed by atoms with E-state index in [9.17, 15) is 4.79 Å². The average molecular weight is 275 g/mol. The van der Waals surface area contributed by atoms with Gasteiger partial charge in [0.1, 0.15) is 0 Å². The number of hydrogen-bond donors (Lipinski definition) is 3. The molecule has 0 radical (unpaired) electrons. The van der Waals surface area contributed by atoms with Crippen molar-refractivity contribution in [3.8, 4) is 0 Å². The highest BCUT2D eigenvalue weighted by Gasteiger charge is 2.21. The van der Waals surface area contributed by atoms with E-state index in [0.717, 1.165) is 17.7 Å². The molecule has 0 heterocycles. The molecular formula is C16H25N3O. The van der Waals surface area contributed by atoms with Gasteiger partial charge in [0.2, 0.25) is 0 Å². The highest BCUT2D eigenvalue weighted by atomic mass is 16.2. The molecule has 2 amide bonds. The van der Waals surface area contributed by atoms with Crippen molar-refractivity contribution in [1.82, 2.24) is 5.32 Å². The third-order valence-corrected chi connectivity index (χ3v) is 4.10. The van der Waals surface area contributed by atoms with Crippen LogP contribution in [-0.4, -0.2) is 12.1 Å². The first-order chi connectivity index (χ1) is 9.69. The summed E-state index contributed by atoms with van der Waals surface area (Å²) in [4.78, 5) is 12.1. The minimum Gasteiger partial charge on any atom is -0.335 e. The molecule has 1 saturated carbocycles. The first kappa shape index (κ1) is 14.9. The normalized spacial score (nSPS) is 22.9. The zero-order valence-corrected chi connectivity index (χ0v) is 12.2. The van der Waals surface area contributed by atoms with Crippen LogP contribution in [0.4, 0.5) is 10.5 Å². The third kappa shape index (κ3) is 4.23. The van der Waals surface area contributed by atoms with E-state index in [1.54, 1.807) is 0 Å². The van der Waals surface area contributed by atoms with Crippen LogP contribution in [0.25, 0.3) is 0 Å². The van der Waals surface area contributed by atoms with Gasteiger partial charge in [0.05, 0.1) is 0 Å². The molecule has 1 aromatic carbocycles. The molecule has 4 heteroatoms. The number of nitrogens with two attached hydrogens (primary N) is 1. The van der Waals surface area contributed by atoms with E-state index >= 15 is 0 Å². The van der Waals surface area contributed by atoms with E-state index in [4.69, 9.17) is 5.73 Å². The number of benzene rings is 1. The Morgan fingerprint density at radius 3 is 2.90 bits per heavy atom. The lowest BCUT2D eigenvalue weighted by molar-refractivity contribution is 0.242. The largest absolute Gasteiger partial charge is 0.335 e. The van der Waals surface area contributed by atoms with Crippen molar-refractivity contribution in [3.05, 3.63) is 29.8 Å². The second-order valence-electron chi connectivity index (χ2n) is 5.72. The Labute approximate surface area is 121 Å². The Kier molecular flexibility index (Phi) is 5.41. The fourth-order valence-electron chi connectivity index (χ4n) is 2.82. The summed E-state index contributed by atoms with van der Waals surface area (Å²) >= 11 is 0. The van der Waals surface area contributed by atoms with Crippen molar-refractivity contribution in [2.45, 2.75) is 51.6 Å². The van der Waals surface area contributed by atoms with Gasteiger partial charge in [-0.15, -0.1) is 0 Å². The lowest BCUT2D eigenvalue weighted by Gasteiger charge is -2.23. The summed E-state index contributed by atoms with van der Waals surface area (Å²) in [6.07, 6.45) is 6.05. The van der Waals surface area contributed by atoms with Gasteiger partial charge in [-0.05, 0) is 36.5 Å². The molecule has 2 unspecified atom stereocenters. The molecule has 20 heavy (non-hydrogen) atoms. The Bertz CT molecular complexity index is 447. The molecule has 0 saturated heterocycles.